The van der Waals surface area contributed by atoms with Crippen LogP contribution in [0.1, 0.15) is 34.6 Å². The van der Waals surface area contributed by atoms with Gasteiger partial charge in [-0.3, -0.25) is 4.98 Å². The van der Waals surface area contributed by atoms with Crippen LogP contribution < -0.4 is 5.32 Å². The van der Waals surface area contributed by atoms with Gasteiger partial charge in [-0.1, -0.05) is 48.0 Å². The van der Waals surface area contributed by atoms with E-state index in [2.05, 4.69) is 80.6 Å². The summed E-state index contributed by atoms with van der Waals surface area (Å²) in [6.45, 7) is 2.74. The molecule has 5 rings (SSSR count). The minimum Gasteiger partial charge on any atom is -0.352 e. The number of benzene rings is 2. The molecule has 1 fully saturated rings. The molecule has 0 amide bonds. The zero-order valence-corrected chi connectivity index (χ0v) is 19.2. The molecule has 2 aromatic heterocycles. The minimum atomic E-state index is -0.0607. The van der Waals surface area contributed by atoms with Gasteiger partial charge in [0.15, 0.2) is 5.11 Å². The Labute approximate surface area is 198 Å². The van der Waals surface area contributed by atoms with Gasteiger partial charge in [0, 0.05) is 35.3 Å². The number of aromatic nitrogens is 2. The molecule has 0 unspecified atom stereocenters. The van der Waals surface area contributed by atoms with Crippen molar-refractivity contribution in [3.63, 3.8) is 0 Å². The van der Waals surface area contributed by atoms with Gasteiger partial charge in [0.25, 0.3) is 0 Å². The van der Waals surface area contributed by atoms with Crippen molar-refractivity contribution in [2.45, 2.75) is 25.6 Å². The fourth-order valence-corrected chi connectivity index (χ4v) is 4.75. The number of aryl methyl sites for hydroxylation is 1. The van der Waals surface area contributed by atoms with E-state index in [1.54, 1.807) is 0 Å². The van der Waals surface area contributed by atoms with Crippen LogP contribution in [-0.2, 0) is 6.54 Å². The molecule has 0 spiro atoms. The minimum absolute atomic E-state index is 0.0245. The van der Waals surface area contributed by atoms with Gasteiger partial charge in [0.1, 0.15) is 0 Å². The van der Waals surface area contributed by atoms with Crippen molar-refractivity contribution in [2.75, 3.05) is 0 Å². The molecular formula is C26H23ClN4S. The molecule has 1 aliphatic heterocycles. The molecule has 32 heavy (non-hydrogen) atoms. The summed E-state index contributed by atoms with van der Waals surface area (Å²) < 4.78 is 2.22. The Morgan fingerprint density at radius 3 is 2.56 bits per heavy atom. The molecule has 0 saturated carbocycles. The van der Waals surface area contributed by atoms with E-state index in [9.17, 15) is 0 Å². The standard InChI is InChI=1S/C26H23ClN4S/c1-18-16-20(12-13-21(18)27)30-15-7-11-23(30)25-24(22-10-5-6-14-28-22)29-26(32)31(25)17-19-8-3-2-4-9-19/h2-16,24-25H,17H2,1H3,(H,29,32)/t24-,25-/m1/s1. The summed E-state index contributed by atoms with van der Waals surface area (Å²) in [6.07, 6.45) is 3.92. The molecule has 160 valence electrons. The van der Waals surface area contributed by atoms with E-state index in [0.717, 1.165) is 32.8 Å². The highest BCUT2D eigenvalue weighted by Crippen LogP contribution is 2.40. The topological polar surface area (TPSA) is 33.1 Å². The van der Waals surface area contributed by atoms with Crippen molar-refractivity contribution in [3.05, 3.63) is 119 Å². The van der Waals surface area contributed by atoms with Crippen molar-refractivity contribution in [1.82, 2.24) is 19.8 Å². The molecule has 2 aromatic carbocycles. The summed E-state index contributed by atoms with van der Waals surface area (Å²) in [5.41, 5.74) is 5.44. The second kappa shape index (κ2) is 8.77. The third kappa shape index (κ3) is 3.90. The van der Waals surface area contributed by atoms with Crippen LogP contribution in [0.15, 0.2) is 91.3 Å². The summed E-state index contributed by atoms with van der Waals surface area (Å²) in [7, 11) is 0. The quantitative estimate of drug-likeness (QED) is 0.371. The van der Waals surface area contributed by atoms with Crippen LogP contribution in [0.25, 0.3) is 5.69 Å². The summed E-state index contributed by atoms with van der Waals surface area (Å²) in [5, 5.41) is 5.04. The van der Waals surface area contributed by atoms with E-state index in [-0.39, 0.29) is 12.1 Å². The van der Waals surface area contributed by atoms with E-state index >= 15 is 0 Å². The molecule has 1 N–H and O–H groups in total. The second-order valence-corrected chi connectivity index (χ2v) is 8.77. The van der Waals surface area contributed by atoms with Gasteiger partial charge in [-0.25, -0.2) is 0 Å². The third-order valence-corrected chi connectivity index (χ3v) is 6.67. The molecule has 1 aliphatic rings. The maximum absolute atomic E-state index is 6.29. The van der Waals surface area contributed by atoms with Gasteiger partial charge in [-0.05, 0) is 72.7 Å². The summed E-state index contributed by atoms with van der Waals surface area (Å²) in [6, 6.07) is 26.7. The van der Waals surface area contributed by atoms with E-state index < -0.39 is 0 Å². The van der Waals surface area contributed by atoms with Crippen LogP contribution in [0.4, 0.5) is 0 Å². The average Bonchev–Trinajstić information content (AvgIpc) is 3.42. The molecule has 0 aliphatic carbocycles. The second-order valence-electron chi connectivity index (χ2n) is 7.98. The normalized spacial score (nSPS) is 18.1. The first-order valence-corrected chi connectivity index (χ1v) is 11.4. The van der Waals surface area contributed by atoms with E-state index in [4.69, 9.17) is 23.8 Å². The Kier molecular flexibility index (Phi) is 5.68. The largest absolute Gasteiger partial charge is 0.352 e. The smallest absolute Gasteiger partial charge is 0.170 e. The van der Waals surface area contributed by atoms with Crippen molar-refractivity contribution in [3.8, 4) is 5.69 Å². The van der Waals surface area contributed by atoms with E-state index in [1.165, 1.54) is 5.56 Å². The Bertz CT molecular complexity index is 1240. The van der Waals surface area contributed by atoms with Crippen LogP contribution in [0.3, 0.4) is 0 Å². The van der Waals surface area contributed by atoms with Gasteiger partial charge in [0.05, 0.1) is 17.8 Å². The molecule has 0 radical (unpaired) electrons. The highest BCUT2D eigenvalue weighted by atomic mass is 35.5. The lowest BCUT2D eigenvalue weighted by Gasteiger charge is -2.29. The van der Waals surface area contributed by atoms with Crippen molar-refractivity contribution in [2.24, 2.45) is 0 Å². The molecule has 4 aromatic rings. The first kappa shape index (κ1) is 20.7. The zero-order chi connectivity index (χ0) is 22.1. The molecule has 1 saturated heterocycles. The van der Waals surface area contributed by atoms with Gasteiger partial charge >= 0.3 is 0 Å². The average molecular weight is 459 g/mol. The molecule has 2 atom stereocenters. The van der Waals surface area contributed by atoms with Crippen LogP contribution in [0.2, 0.25) is 5.02 Å². The molecule has 6 heteroatoms. The Balaban J connectivity index is 1.61. The van der Waals surface area contributed by atoms with Crippen LogP contribution >= 0.6 is 23.8 Å². The molecule has 3 heterocycles. The SMILES string of the molecule is Cc1cc(-n2cccc2[C@@H]2[C@@H](c3ccccn3)NC(=S)N2Cc2ccccc2)ccc1Cl. The van der Waals surface area contributed by atoms with Gasteiger partial charge in [-0.2, -0.15) is 0 Å². The highest BCUT2D eigenvalue weighted by Gasteiger charge is 2.41. The maximum Gasteiger partial charge on any atom is 0.170 e. The number of hydrogen-bond donors (Lipinski definition) is 1. The van der Waals surface area contributed by atoms with Crippen LogP contribution in [0.5, 0.6) is 0 Å². The zero-order valence-electron chi connectivity index (χ0n) is 17.6. The highest BCUT2D eigenvalue weighted by molar-refractivity contribution is 7.80. The van der Waals surface area contributed by atoms with Gasteiger partial charge in [0.2, 0.25) is 0 Å². The molecular weight excluding hydrogens is 436 g/mol. The third-order valence-electron chi connectivity index (χ3n) is 5.90. The fourth-order valence-electron chi connectivity index (χ4n) is 4.33. The van der Waals surface area contributed by atoms with Crippen LogP contribution in [-0.4, -0.2) is 19.6 Å². The molecule has 4 nitrogen and oxygen atoms in total. The number of halogens is 1. The number of nitrogens with one attached hydrogen (secondary N) is 1. The lowest BCUT2D eigenvalue weighted by Crippen LogP contribution is -2.30. The first-order valence-electron chi connectivity index (χ1n) is 10.6. The molecule has 0 bridgehead atoms. The van der Waals surface area contributed by atoms with Crippen LogP contribution in [0, 0.1) is 6.92 Å². The number of thiocarbonyl (C=S) groups is 1. The predicted octanol–water partition coefficient (Wildman–Crippen LogP) is 6.01. The van der Waals surface area contributed by atoms with Gasteiger partial charge in [-0.15, -0.1) is 0 Å². The first-order chi connectivity index (χ1) is 15.6. The predicted molar refractivity (Wildman–Crippen MR) is 133 cm³/mol. The summed E-state index contributed by atoms with van der Waals surface area (Å²) in [4.78, 5) is 6.91. The number of nitrogens with zero attached hydrogens (tertiary/aromatic N) is 3. The van der Waals surface area contributed by atoms with Crippen molar-refractivity contribution >= 4 is 28.9 Å². The summed E-state index contributed by atoms with van der Waals surface area (Å²) in [5.74, 6) is 0. The van der Waals surface area contributed by atoms with Gasteiger partial charge < -0.3 is 14.8 Å². The lowest BCUT2D eigenvalue weighted by atomic mass is 10.0. The fraction of sp³-hybridized carbons (Fsp3) is 0.154. The number of pyridine rings is 1. The van der Waals surface area contributed by atoms with Crippen molar-refractivity contribution < 1.29 is 0 Å². The maximum atomic E-state index is 6.29. The Hall–Kier alpha value is -3.15. The number of hydrogen-bond acceptors (Lipinski definition) is 2. The Morgan fingerprint density at radius 2 is 1.81 bits per heavy atom. The number of rotatable bonds is 5. The van der Waals surface area contributed by atoms with E-state index in [1.807, 2.05) is 37.4 Å². The van der Waals surface area contributed by atoms with E-state index in [0.29, 0.717) is 6.54 Å². The summed E-state index contributed by atoms with van der Waals surface area (Å²) >= 11 is 12.1. The monoisotopic (exact) mass is 458 g/mol. The van der Waals surface area contributed by atoms with Crippen molar-refractivity contribution in [1.29, 1.82) is 0 Å². The Morgan fingerprint density at radius 1 is 1.00 bits per heavy atom. The lowest BCUT2D eigenvalue weighted by molar-refractivity contribution is 0.302.